The van der Waals surface area contributed by atoms with Gasteiger partial charge < -0.3 is 15.2 Å². The standard InChI is InChI=1S/C11H16N4O2/c1-11(5-2-6-12-11)10-14-8(15-17-10)9(16)13-7-3-4-7/h7,12H,2-6H2,1H3,(H,13,16). The molecule has 1 saturated heterocycles. The molecule has 1 aromatic rings. The van der Waals surface area contributed by atoms with Gasteiger partial charge in [0.05, 0.1) is 5.54 Å². The second-order valence-corrected chi connectivity index (χ2v) is 5.03. The van der Waals surface area contributed by atoms with Crippen LogP contribution in [0, 0.1) is 0 Å². The van der Waals surface area contributed by atoms with Gasteiger partial charge in [0.25, 0.3) is 11.7 Å². The first-order valence-corrected chi connectivity index (χ1v) is 6.07. The average Bonchev–Trinajstić information content (AvgIpc) is 2.84. The molecule has 17 heavy (non-hydrogen) atoms. The normalized spacial score (nSPS) is 28.3. The average molecular weight is 236 g/mol. The maximum Gasteiger partial charge on any atom is 0.292 e. The number of hydrogen-bond donors (Lipinski definition) is 2. The van der Waals surface area contributed by atoms with E-state index in [0.717, 1.165) is 32.2 Å². The van der Waals surface area contributed by atoms with Crippen molar-refractivity contribution in [3.63, 3.8) is 0 Å². The number of rotatable bonds is 3. The van der Waals surface area contributed by atoms with Crippen LogP contribution in [0.5, 0.6) is 0 Å². The van der Waals surface area contributed by atoms with Crippen molar-refractivity contribution in [3.8, 4) is 0 Å². The molecule has 1 saturated carbocycles. The first kappa shape index (κ1) is 10.7. The van der Waals surface area contributed by atoms with Crippen LogP contribution in [0.15, 0.2) is 4.52 Å². The quantitative estimate of drug-likeness (QED) is 0.801. The van der Waals surface area contributed by atoms with E-state index < -0.39 is 0 Å². The Morgan fingerprint density at radius 2 is 2.41 bits per heavy atom. The van der Waals surface area contributed by atoms with Gasteiger partial charge in [-0.15, -0.1) is 0 Å². The third-order valence-electron chi connectivity index (χ3n) is 3.38. The van der Waals surface area contributed by atoms with Crippen molar-refractivity contribution in [2.24, 2.45) is 0 Å². The van der Waals surface area contributed by atoms with Crippen molar-refractivity contribution in [3.05, 3.63) is 11.7 Å². The molecule has 2 fully saturated rings. The maximum absolute atomic E-state index is 11.7. The van der Waals surface area contributed by atoms with Crippen molar-refractivity contribution in [2.45, 2.75) is 44.2 Å². The zero-order valence-electron chi connectivity index (χ0n) is 9.82. The fourth-order valence-corrected chi connectivity index (χ4v) is 2.09. The molecule has 1 atom stereocenters. The lowest BCUT2D eigenvalue weighted by Gasteiger charge is -2.18. The largest absolute Gasteiger partial charge is 0.346 e. The smallest absolute Gasteiger partial charge is 0.292 e. The molecule has 3 rings (SSSR count). The summed E-state index contributed by atoms with van der Waals surface area (Å²) < 4.78 is 5.19. The van der Waals surface area contributed by atoms with E-state index in [1.54, 1.807) is 0 Å². The summed E-state index contributed by atoms with van der Waals surface area (Å²) in [5.74, 6) is 0.418. The van der Waals surface area contributed by atoms with Crippen LogP contribution in [0.4, 0.5) is 0 Å². The highest BCUT2D eigenvalue weighted by Crippen LogP contribution is 2.28. The van der Waals surface area contributed by atoms with Gasteiger partial charge >= 0.3 is 0 Å². The molecule has 1 aliphatic heterocycles. The van der Waals surface area contributed by atoms with Crippen molar-refractivity contribution in [2.75, 3.05) is 6.54 Å². The molecule has 1 aliphatic carbocycles. The minimum atomic E-state index is -0.273. The van der Waals surface area contributed by atoms with Crippen LogP contribution >= 0.6 is 0 Å². The number of aromatic nitrogens is 2. The van der Waals surface area contributed by atoms with Gasteiger partial charge in [-0.2, -0.15) is 4.98 Å². The van der Waals surface area contributed by atoms with E-state index in [4.69, 9.17) is 4.52 Å². The minimum Gasteiger partial charge on any atom is -0.346 e. The molecule has 1 amide bonds. The van der Waals surface area contributed by atoms with Crippen molar-refractivity contribution < 1.29 is 9.32 Å². The number of nitrogens with zero attached hydrogens (tertiary/aromatic N) is 2. The lowest BCUT2D eigenvalue weighted by Crippen LogP contribution is -2.33. The van der Waals surface area contributed by atoms with Crippen LogP contribution in [-0.2, 0) is 5.54 Å². The Balaban J connectivity index is 1.74. The first-order chi connectivity index (χ1) is 8.17. The van der Waals surface area contributed by atoms with E-state index in [1.165, 1.54) is 0 Å². The molecule has 6 heteroatoms. The summed E-state index contributed by atoms with van der Waals surface area (Å²) >= 11 is 0. The minimum absolute atomic E-state index is 0.141. The van der Waals surface area contributed by atoms with Gasteiger partial charge in [-0.1, -0.05) is 5.16 Å². The molecule has 6 nitrogen and oxygen atoms in total. The third kappa shape index (κ3) is 2.04. The molecule has 0 aromatic carbocycles. The highest BCUT2D eigenvalue weighted by Gasteiger charge is 2.36. The molecule has 2 N–H and O–H groups in total. The Kier molecular flexibility index (Phi) is 2.39. The van der Waals surface area contributed by atoms with Gasteiger partial charge in [0.15, 0.2) is 0 Å². The van der Waals surface area contributed by atoms with Crippen LogP contribution in [0.3, 0.4) is 0 Å². The number of carbonyl (C=O) groups excluding carboxylic acids is 1. The van der Waals surface area contributed by atoms with Crippen LogP contribution < -0.4 is 10.6 Å². The zero-order valence-corrected chi connectivity index (χ0v) is 9.82. The van der Waals surface area contributed by atoms with Gasteiger partial charge in [-0.3, -0.25) is 4.79 Å². The summed E-state index contributed by atoms with van der Waals surface area (Å²) in [6, 6.07) is 0.310. The molecule has 2 aliphatic rings. The fourth-order valence-electron chi connectivity index (χ4n) is 2.09. The second-order valence-electron chi connectivity index (χ2n) is 5.03. The molecule has 92 valence electrons. The monoisotopic (exact) mass is 236 g/mol. The van der Waals surface area contributed by atoms with E-state index >= 15 is 0 Å². The topological polar surface area (TPSA) is 80.1 Å². The van der Waals surface area contributed by atoms with E-state index in [0.29, 0.717) is 11.9 Å². The SMILES string of the molecule is CC1(c2nc(C(=O)NC3CC3)no2)CCCN1. The fraction of sp³-hybridized carbons (Fsp3) is 0.727. The van der Waals surface area contributed by atoms with E-state index in [1.807, 2.05) is 6.92 Å². The molecule has 1 aromatic heterocycles. The van der Waals surface area contributed by atoms with Gasteiger partial charge in [-0.25, -0.2) is 0 Å². The molecule has 2 heterocycles. The number of carbonyl (C=O) groups is 1. The summed E-state index contributed by atoms with van der Waals surface area (Å²) in [5.41, 5.74) is -0.273. The Morgan fingerprint density at radius 3 is 3.06 bits per heavy atom. The summed E-state index contributed by atoms with van der Waals surface area (Å²) in [5, 5.41) is 9.92. The van der Waals surface area contributed by atoms with Gasteiger partial charge in [-0.05, 0) is 39.2 Å². The highest BCUT2D eigenvalue weighted by atomic mass is 16.5. The van der Waals surface area contributed by atoms with Crippen molar-refractivity contribution in [1.82, 2.24) is 20.8 Å². The highest BCUT2D eigenvalue weighted by molar-refractivity contribution is 5.90. The van der Waals surface area contributed by atoms with E-state index in [9.17, 15) is 4.79 Å². The Morgan fingerprint density at radius 1 is 1.59 bits per heavy atom. The third-order valence-corrected chi connectivity index (χ3v) is 3.38. The van der Waals surface area contributed by atoms with Crippen LogP contribution in [0.25, 0.3) is 0 Å². The lowest BCUT2D eigenvalue weighted by molar-refractivity contribution is 0.0937. The molecule has 0 spiro atoms. The molecule has 1 unspecified atom stereocenters. The molecule has 0 radical (unpaired) electrons. The Bertz CT molecular complexity index is 432. The van der Waals surface area contributed by atoms with Gasteiger partial charge in [0.1, 0.15) is 0 Å². The predicted octanol–water partition coefficient (Wildman–Crippen LogP) is 0.560. The molecular weight excluding hydrogens is 220 g/mol. The number of amides is 1. The second kappa shape index (κ2) is 3.80. The number of nitrogens with one attached hydrogen (secondary N) is 2. The Hall–Kier alpha value is -1.43. The predicted molar refractivity (Wildman–Crippen MR) is 59.4 cm³/mol. The number of hydrogen-bond acceptors (Lipinski definition) is 5. The zero-order chi connectivity index (χ0) is 11.9. The van der Waals surface area contributed by atoms with Gasteiger partial charge in [0, 0.05) is 6.04 Å². The summed E-state index contributed by atoms with van der Waals surface area (Å²) in [6.45, 7) is 2.97. The van der Waals surface area contributed by atoms with Gasteiger partial charge in [0.2, 0.25) is 5.89 Å². The van der Waals surface area contributed by atoms with Crippen LogP contribution in [0.1, 0.15) is 49.1 Å². The van der Waals surface area contributed by atoms with Crippen LogP contribution in [0.2, 0.25) is 0 Å². The summed E-state index contributed by atoms with van der Waals surface area (Å²) in [7, 11) is 0. The Labute approximate surface area is 99.2 Å². The molecule has 0 bridgehead atoms. The lowest BCUT2D eigenvalue weighted by atomic mass is 10.0. The van der Waals surface area contributed by atoms with Crippen molar-refractivity contribution >= 4 is 5.91 Å². The summed E-state index contributed by atoms with van der Waals surface area (Å²) in [4.78, 5) is 15.9. The molecular formula is C11H16N4O2. The first-order valence-electron chi connectivity index (χ1n) is 6.07. The maximum atomic E-state index is 11.7. The van der Waals surface area contributed by atoms with E-state index in [2.05, 4.69) is 20.8 Å². The van der Waals surface area contributed by atoms with Crippen molar-refractivity contribution in [1.29, 1.82) is 0 Å². The van der Waals surface area contributed by atoms with E-state index in [-0.39, 0.29) is 17.3 Å². The summed E-state index contributed by atoms with van der Waals surface area (Å²) in [6.07, 6.45) is 4.15. The van der Waals surface area contributed by atoms with Crippen LogP contribution in [-0.4, -0.2) is 28.6 Å².